The number of aliphatic hydroxyl groups excluding tert-OH is 1. The average Bonchev–Trinajstić information content (AvgIpc) is 2.98. The molecule has 7 nitrogen and oxygen atoms in total. The van der Waals surface area contributed by atoms with E-state index in [9.17, 15) is 15.0 Å². The van der Waals surface area contributed by atoms with E-state index in [0.29, 0.717) is 31.7 Å². The maximum absolute atomic E-state index is 15.0. The predicted molar refractivity (Wildman–Crippen MR) is 154 cm³/mol. The van der Waals surface area contributed by atoms with Crippen molar-refractivity contribution in [3.8, 4) is 11.5 Å². The fourth-order valence-electron chi connectivity index (χ4n) is 5.98. The summed E-state index contributed by atoms with van der Waals surface area (Å²) >= 11 is 0. The van der Waals surface area contributed by atoms with Gasteiger partial charge in [0.1, 0.15) is 19.1 Å². The van der Waals surface area contributed by atoms with Crippen LogP contribution in [0.15, 0.2) is 54.6 Å². The largest absolute Gasteiger partial charge is 0.487 e. The van der Waals surface area contributed by atoms with E-state index in [1.165, 1.54) is 25.3 Å². The molecule has 0 amide bonds. The van der Waals surface area contributed by atoms with E-state index in [1.807, 2.05) is 49.4 Å². The molecule has 0 spiro atoms. The molecule has 0 atom stereocenters. The molecule has 2 saturated carbocycles. The summed E-state index contributed by atoms with van der Waals surface area (Å²) in [6, 6.07) is 16.8. The van der Waals surface area contributed by atoms with Crippen LogP contribution in [0.3, 0.4) is 0 Å². The van der Waals surface area contributed by atoms with Crippen LogP contribution in [0.1, 0.15) is 82.1 Å². The van der Waals surface area contributed by atoms with Gasteiger partial charge in [0.15, 0.2) is 17.9 Å². The van der Waals surface area contributed by atoms with Crippen LogP contribution in [0.5, 0.6) is 11.5 Å². The third kappa shape index (κ3) is 7.18. The Morgan fingerprint density at radius 3 is 2.49 bits per heavy atom. The highest BCUT2D eigenvalue weighted by molar-refractivity contribution is 5.86. The molecular weight excluding hydrogens is 525 g/mol. The van der Waals surface area contributed by atoms with Crippen molar-refractivity contribution in [3.63, 3.8) is 0 Å². The van der Waals surface area contributed by atoms with Crippen molar-refractivity contribution in [1.29, 1.82) is 0 Å². The molecule has 41 heavy (non-hydrogen) atoms. The number of esters is 1. The summed E-state index contributed by atoms with van der Waals surface area (Å²) in [5.41, 5.74) is 0.356. The summed E-state index contributed by atoms with van der Waals surface area (Å²) in [5.74, 6) is -0.875. The number of hydrogen-bond acceptors (Lipinski definition) is 7. The van der Waals surface area contributed by atoms with E-state index in [2.05, 4.69) is 5.32 Å². The molecule has 2 aliphatic carbocycles. The SMILES string of the molecule is C[C@]1(C(=O)OCc2cccc3ccccc23)CC[C@@H](Oc2cc(C(O)O)c(OCNC3CCCCC3)cc2F)CC1. The highest BCUT2D eigenvalue weighted by Crippen LogP contribution is 2.40. The Bertz CT molecular complexity index is 1330. The van der Waals surface area contributed by atoms with Gasteiger partial charge in [-0.15, -0.1) is 0 Å². The van der Waals surface area contributed by atoms with Crippen LogP contribution in [0.4, 0.5) is 4.39 Å². The summed E-state index contributed by atoms with van der Waals surface area (Å²) < 4.78 is 32.4. The maximum Gasteiger partial charge on any atom is 0.312 e. The number of halogens is 1. The summed E-state index contributed by atoms with van der Waals surface area (Å²) in [5, 5.41) is 25.3. The van der Waals surface area contributed by atoms with E-state index in [1.54, 1.807) is 0 Å². The molecule has 0 heterocycles. The van der Waals surface area contributed by atoms with Crippen molar-refractivity contribution in [1.82, 2.24) is 5.32 Å². The molecule has 8 heteroatoms. The smallest absolute Gasteiger partial charge is 0.312 e. The normalized spacial score (nSPS) is 21.6. The third-order valence-electron chi connectivity index (χ3n) is 8.61. The zero-order valence-corrected chi connectivity index (χ0v) is 23.6. The molecule has 5 rings (SSSR count). The number of nitrogens with one attached hydrogen (secondary N) is 1. The molecule has 0 aromatic heterocycles. The van der Waals surface area contributed by atoms with Crippen molar-refractivity contribution >= 4 is 16.7 Å². The number of hydrogen-bond donors (Lipinski definition) is 3. The predicted octanol–water partition coefficient (Wildman–Crippen LogP) is 6.29. The standard InChI is InChI=1S/C33H40FNO6/c1-33(32(38)39-20-23-10-7-9-22-8-5-6-13-26(22)23)16-14-25(15-17-33)41-30-18-27(31(36)37)29(19-28(30)34)40-21-35-24-11-3-2-4-12-24/h5-10,13,18-19,24-25,31,35-37H,2-4,11-12,14-17,20-21H2,1H3/t25-,33+. The van der Waals surface area contributed by atoms with Gasteiger partial charge in [0.25, 0.3) is 0 Å². The van der Waals surface area contributed by atoms with Gasteiger partial charge in [0.05, 0.1) is 17.1 Å². The number of fused-ring (bicyclic) bond motifs is 1. The van der Waals surface area contributed by atoms with Gasteiger partial charge in [-0.2, -0.15) is 0 Å². The number of aliphatic hydroxyl groups is 2. The molecule has 0 aliphatic heterocycles. The lowest BCUT2D eigenvalue weighted by molar-refractivity contribution is -0.159. The minimum absolute atomic E-state index is 0.0458. The zero-order valence-electron chi connectivity index (χ0n) is 23.6. The number of rotatable bonds is 10. The number of carbonyl (C=O) groups excluding carboxylic acids is 1. The van der Waals surface area contributed by atoms with Crippen molar-refractivity contribution in [2.45, 2.75) is 89.8 Å². The first kappa shape index (κ1) is 29.3. The van der Waals surface area contributed by atoms with Gasteiger partial charge in [-0.3, -0.25) is 10.1 Å². The molecule has 0 unspecified atom stereocenters. The van der Waals surface area contributed by atoms with Crippen LogP contribution in [0, 0.1) is 11.2 Å². The van der Waals surface area contributed by atoms with Crippen LogP contribution in [-0.4, -0.2) is 35.1 Å². The Morgan fingerprint density at radius 1 is 1.00 bits per heavy atom. The van der Waals surface area contributed by atoms with E-state index in [-0.39, 0.29) is 42.5 Å². The first-order chi connectivity index (χ1) is 19.8. The van der Waals surface area contributed by atoms with Crippen LogP contribution >= 0.6 is 0 Å². The van der Waals surface area contributed by atoms with Gasteiger partial charge in [-0.25, -0.2) is 4.39 Å². The fourth-order valence-corrected chi connectivity index (χ4v) is 5.98. The molecular formula is C33H40FNO6. The topological polar surface area (TPSA) is 97.3 Å². The number of benzene rings is 3. The third-order valence-corrected chi connectivity index (χ3v) is 8.61. The molecule has 2 aliphatic rings. The van der Waals surface area contributed by atoms with Crippen molar-refractivity contribution < 1.29 is 33.6 Å². The molecule has 0 saturated heterocycles. The van der Waals surface area contributed by atoms with Crippen molar-refractivity contribution in [3.05, 3.63) is 71.5 Å². The van der Waals surface area contributed by atoms with Gasteiger partial charge < -0.3 is 24.4 Å². The average molecular weight is 566 g/mol. The van der Waals surface area contributed by atoms with Gasteiger partial charge >= 0.3 is 5.97 Å². The summed E-state index contributed by atoms with van der Waals surface area (Å²) in [6.45, 7) is 2.27. The van der Waals surface area contributed by atoms with Gasteiger partial charge in [-0.1, -0.05) is 61.7 Å². The molecule has 0 bridgehead atoms. The second kappa shape index (κ2) is 13.2. The molecule has 2 fully saturated rings. The van der Waals surface area contributed by atoms with E-state index in [0.717, 1.165) is 35.2 Å². The van der Waals surface area contributed by atoms with Crippen LogP contribution < -0.4 is 14.8 Å². The number of ether oxygens (including phenoxy) is 3. The van der Waals surface area contributed by atoms with Gasteiger partial charge in [0, 0.05) is 12.1 Å². The molecule has 3 aromatic rings. The Kier molecular flexibility index (Phi) is 9.42. The molecule has 0 radical (unpaired) electrons. The second-order valence-corrected chi connectivity index (χ2v) is 11.6. The maximum atomic E-state index is 15.0. The van der Waals surface area contributed by atoms with Crippen LogP contribution in [0.25, 0.3) is 10.8 Å². The summed E-state index contributed by atoms with van der Waals surface area (Å²) in [7, 11) is 0. The van der Waals surface area contributed by atoms with Gasteiger partial charge in [-0.05, 0) is 67.9 Å². The first-order valence-electron chi connectivity index (χ1n) is 14.7. The highest BCUT2D eigenvalue weighted by Gasteiger charge is 2.40. The van der Waals surface area contributed by atoms with E-state index >= 15 is 4.39 Å². The fraction of sp³-hybridized carbons (Fsp3) is 0.485. The monoisotopic (exact) mass is 565 g/mol. The minimum atomic E-state index is -1.84. The number of carbonyl (C=O) groups is 1. The molecule has 220 valence electrons. The van der Waals surface area contributed by atoms with E-state index < -0.39 is 17.5 Å². The quantitative estimate of drug-likeness (QED) is 0.196. The Labute approximate surface area is 240 Å². The van der Waals surface area contributed by atoms with Crippen LogP contribution in [-0.2, 0) is 16.1 Å². The minimum Gasteiger partial charge on any atom is -0.487 e. The first-order valence-corrected chi connectivity index (χ1v) is 14.7. The second-order valence-electron chi connectivity index (χ2n) is 11.6. The Morgan fingerprint density at radius 2 is 1.73 bits per heavy atom. The highest BCUT2D eigenvalue weighted by atomic mass is 19.1. The van der Waals surface area contributed by atoms with E-state index in [4.69, 9.17) is 14.2 Å². The summed E-state index contributed by atoms with van der Waals surface area (Å²) in [6.07, 6.45) is 5.74. The lowest BCUT2D eigenvalue weighted by Gasteiger charge is -2.35. The molecule has 3 aromatic carbocycles. The lowest BCUT2D eigenvalue weighted by atomic mass is 9.74. The lowest BCUT2D eigenvalue weighted by Crippen LogP contribution is -2.37. The molecule has 3 N–H and O–H groups in total. The Balaban J connectivity index is 1.15. The van der Waals surface area contributed by atoms with Crippen LogP contribution in [0.2, 0.25) is 0 Å². The van der Waals surface area contributed by atoms with Gasteiger partial charge in [0.2, 0.25) is 0 Å². The summed E-state index contributed by atoms with van der Waals surface area (Å²) in [4.78, 5) is 13.1. The van der Waals surface area contributed by atoms with Crippen molar-refractivity contribution in [2.75, 3.05) is 6.73 Å². The zero-order chi connectivity index (χ0) is 28.8. The Hall–Kier alpha value is -3.20. The van der Waals surface area contributed by atoms with Crippen molar-refractivity contribution in [2.24, 2.45) is 5.41 Å².